The molecule has 0 saturated carbocycles. The lowest BCUT2D eigenvalue weighted by molar-refractivity contribution is -0.120. The number of rotatable bonds is 8. The van der Waals surface area contributed by atoms with Crippen LogP contribution in [-0.2, 0) is 11.3 Å². The molecule has 0 spiro atoms. The molecule has 1 unspecified atom stereocenters. The first kappa shape index (κ1) is 19.0. The van der Waals surface area contributed by atoms with Crippen LogP contribution in [0.15, 0.2) is 47.4 Å². The van der Waals surface area contributed by atoms with Crippen LogP contribution in [-0.4, -0.2) is 32.5 Å². The van der Waals surface area contributed by atoms with Gasteiger partial charge >= 0.3 is 0 Å². The molecule has 25 heavy (non-hydrogen) atoms. The minimum absolute atomic E-state index is 0.0180. The van der Waals surface area contributed by atoms with Gasteiger partial charge in [0.25, 0.3) is 0 Å². The Balaban J connectivity index is 1.90. The van der Waals surface area contributed by atoms with Crippen LogP contribution in [0.1, 0.15) is 12.5 Å². The lowest BCUT2D eigenvalue weighted by atomic mass is 10.2. The van der Waals surface area contributed by atoms with E-state index in [2.05, 4.69) is 5.32 Å². The number of nitrogens with one attached hydrogen (secondary N) is 1. The van der Waals surface area contributed by atoms with E-state index in [4.69, 9.17) is 14.2 Å². The Morgan fingerprint density at radius 1 is 1.00 bits per heavy atom. The van der Waals surface area contributed by atoms with Crippen LogP contribution in [0.3, 0.4) is 0 Å². The highest BCUT2D eigenvalue weighted by Gasteiger charge is 2.14. The third-order valence-corrected chi connectivity index (χ3v) is 4.77. The minimum Gasteiger partial charge on any atom is -0.497 e. The Morgan fingerprint density at radius 3 is 2.28 bits per heavy atom. The van der Waals surface area contributed by atoms with Gasteiger partial charge in [-0.15, -0.1) is 11.8 Å². The molecule has 134 valence electrons. The number of thioether (sulfide) groups is 1. The maximum atomic E-state index is 12.3. The van der Waals surface area contributed by atoms with Gasteiger partial charge < -0.3 is 19.5 Å². The summed E-state index contributed by atoms with van der Waals surface area (Å²) < 4.78 is 15.6. The molecule has 0 aliphatic rings. The second kappa shape index (κ2) is 9.22. The fourth-order valence-corrected chi connectivity index (χ4v) is 3.13. The zero-order chi connectivity index (χ0) is 18.2. The summed E-state index contributed by atoms with van der Waals surface area (Å²) in [6.45, 7) is 2.32. The van der Waals surface area contributed by atoms with E-state index in [1.807, 2.05) is 49.4 Å². The van der Waals surface area contributed by atoms with E-state index in [-0.39, 0.29) is 11.2 Å². The van der Waals surface area contributed by atoms with Gasteiger partial charge in [0.1, 0.15) is 5.75 Å². The Hall–Kier alpha value is -2.34. The molecule has 1 amide bonds. The summed E-state index contributed by atoms with van der Waals surface area (Å²) in [4.78, 5) is 13.3. The molecule has 0 aromatic heterocycles. The summed E-state index contributed by atoms with van der Waals surface area (Å²) in [6, 6.07) is 13.3. The second-order valence-corrected chi connectivity index (χ2v) is 6.76. The minimum atomic E-state index is -0.200. The predicted octanol–water partition coefficient (Wildman–Crippen LogP) is 3.51. The Kier molecular flexibility index (Phi) is 7.01. The van der Waals surface area contributed by atoms with Crippen LogP contribution in [0, 0.1) is 0 Å². The predicted molar refractivity (Wildman–Crippen MR) is 99.7 cm³/mol. The molecule has 5 nitrogen and oxygen atoms in total. The van der Waals surface area contributed by atoms with E-state index in [1.165, 1.54) is 11.8 Å². The van der Waals surface area contributed by atoms with Gasteiger partial charge in [0.15, 0.2) is 11.5 Å². The molecule has 2 aromatic rings. The Morgan fingerprint density at radius 2 is 1.68 bits per heavy atom. The van der Waals surface area contributed by atoms with Crippen LogP contribution in [0.4, 0.5) is 0 Å². The number of amides is 1. The van der Waals surface area contributed by atoms with Gasteiger partial charge in [0.2, 0.25) is 5.91 Å². The van der Waals surface area contributed by atoms with Gasteiger partial charge in [-0.05, 0) is 48.9 Å². The van der Waals surface area contributed by atoms with Crippen LogP contribution in [0.25, 0.3) is 0 Å². The summed E-state index contributed by atoms with van der Waals surface area (Å²) in [7, 11) is 4.82. The lowest BCUT2D eigenvalue weighted by Gasteiger charge is -2.13. The number of hydrogen-bond acceptors (Lipinski definition) is 5. The number of carbonyl (C=O) groups excluding carboxylic acids is 1. The van der Waals surface area contributed by atoms with E-state index in [1.54, 1.807) is 21.3 Å². The van der Waals surface area contributed by atoms with Crippen molar-refractivity contribution in [2.75, 3.05) is 21.3 Å². The highest BCUT2D eigenvalue weighted by Crippen LogP contribution is 2.28. The molecule has 1 atom stereocenters. The molecule has 1 N–H and O–H groups in total. The Labute approximate surface area is 152 Å². The molecular weight excluding hydrogens is 338 g/mol. The molecule has 2 aromatic carbocycles. The summed E-state index contributed by atoms with van der Waals surface area (Å²) in [5.41, 5.74) is 0.952. The summed E-state index contributed by atoms with van der Waals surface area (Å²) in [5, 5.41) is 2.75. The zero-order valence-electron chi connectivity index (χ0n) is 14.9. The van der Waals surface area contributed by atoms with Crippen molar-refractivity contribution in [2.45, 2.75) is 23.6 Å². The van der Waals surface area contributed by atoms with Crippen molar-refractivity contribution in [3.05, 3.63) is 48.0 Å². The molecule has 0 fully saturated rings. The number of benzene rings is 2. The highest BCUT2D eigenvalue weighted by molar-refractivity contribution is 8.00. The van der Waals surface area contributed by atoms with Crippen molar-refractivity contribution in [1.29, 1.82) is 0 Å². The fourth-order valence-electron chi connectivity index (χ4n) is 2.24. The normalized spacial score (nSPS) is 11.5. The van der Waals surface area contributed by atoms with E-state index in [0.717, 1.165) is 16.2 Å². The van der Waals surface area contributed by atoms with Crippen molar-refractivity contribution in [3.63, 3.8) is 0 Å². The van der Waals surface area contributed by atoms with Crippen molar-refractivity contribution >= 4 is 17.7 Å². The van der Waals surface area contributed by atoms with Gasteiger partial charge in [-0.3, -0.25) is 4.79 Å². The smallest absolute Gasteiger partial charge is 0.233 e. The summed E-state index contributed by atoms with van der Waals surface area (Å²) >= 11 is 1.51. The molecule has 0 heterocycles. The molecular formula is C19H23NO4S. The second-order valence-electron chi connectivity index (χ2n) is 5.34. The quantitative estimate of drug-likeness (QED) is 0.729. The van der Waals surface area contributed by atoms with E-state index >= 15 is 0 Å². The number of carbonyl (C=O) groups is 1. The third kappa shape index (κ3) is 5.32. The molecule has 0 aliphatic carbocycles. The molecule has 2 rings (SSSR count). The molecule has 6 heteroatoms. The van der Waals surface area contributed by atoms with E-state index in [0.29, 0.717) is 18.0 Å². The van der Waals surface area contributed by atoms with Crippen molar-refractivity contribution in [1.82, 2.24) is 5.32 Å². The molecule has 0 radical (unpaired) electrons. The first-order valence-electron chi connectivity index (χ1n) is 7.86. The van der Waals surface area contributed by atoms with Gasteiger partial charge in [-0.2, -0.15) is 0 Å². The van der Waals surface area contributed by atoms with Crippen molar-refractivity contribution in [2.24, 2.45) is 0 Å². The first-order chi connectivity index (χ1) is 12.1. The Bertz CT molecular complexity index is 703. The number of hydrogen-bond donors (Lipinski definition) is 1. The molecule has 0 bridgehead atoms. The van der Waals surface area contributed by atoms with Crippen LogP contribution in [0.5, 0.6) is 17.2 Å². The highest BCUT2D eigenvalue weighted by atomic mass is 32.2. The van der Waals surface area contributed by atoms with Gasteiger partial charge in [-0.1, -0.05) is 6.07 Å². The number of ether oxygens (including phenoxy) is 3. The van der Waals surface area contributed by atoms with Gasteiger partial charge in [0, 0.05) is 11.4 Å². The van der Waals surface area contributed by atoms with Gasteiger partial charge in [-0.25, -0.2) is 0 Å². The SMILES string of the molecule is COc1ccc(SC(C)C(=O)NCc2ccc(OC)c(OC)c2)cc1. The summed E-state index contributed by atoms with van der Waals surface area (Å²) in [5.74, 6) is 2.10. The number of methoxy groups -OCH3 is 3. The average Bonchev–Trinajstić information content (AvgIpc) is 2.66. The topological polar surface area (TPSA) is 56.8 Å². The standard InChI is InChI=1S/C19H23NO4S/c1-13(25-16-8-6-15(22-2)7-9-16)19(21)20-12-14-5-10-17(23-3)18(11-14)24-4/h5-11,13H,12H2,1-4H3,(H,20,21). The molecule has 0 saturated heterocycles. The van der Waals surface area contributed by atoms with E-state index < -0.39 is 0 Å². The lowest BCUT2D eigenvalue weighted by Crippen LogP contribution is -2.30. The molecule has 0 aliphatic heterocycles. The monoisotopic (exact) mass is 361 g/mol. The average molecular weight is 361 g/mol. The van der Waals surface area contributed by atoms with Gasteiger partial charge in [0.05, 0.1) is 26.6 Å². The maximum Gasteiger partial charge on any atom is 0.233 e. The van der Waals surface area contributed by atoms with Crippen LogP contribution in [0.2, 0.25) is 0 Å². The largest absolute Gasteiger partial charge is 0.497 e. The fraction of sp³-hybridized carbons (Fsp3) is 0.316. The van der Waals surface area contributed by atoms with Crippen LogP contribution >= 0.6 is 11.8 Å². The maximum absolute atomic E-state index is 12.3. The van der Waals surface area contributed by atoms with Crippen molar-refractivity contribution in [3.8, 4) is 17.2 Å². The van der Waals surface area contributed by atoms with E-state index in [9.17, 15) is 4.79 Å². The third-order valence-electron chi connectivity index (χ3n) is 3.66. The summed E-state index contributed by atoms with van der Waals surface area (Å²) in [6.07, 6.45) is 0. The zero-order valence-corrected chi connectivity index (χ0v) is 15.7. The first-order valence-corrected chi connectivity index (χ1v) is 8.74. The van der Waals surface area contributed by atoms with Crippen LogP contribution < -0.4 is 19.5 Å². The van der Waals surface area contributed by atoms with Crippen molar-refractivity contribution < 1.29 is 19.0 Å².